The number of halogens is 1. The topological polar surface area (TPSA) is 26.3 Å². The zero-order chi connectivity index (χ0) is 16.0. The van der Waals surface area contributed by atoms with Crippen molar-refractivity contribution in [1.29, 1.82) is 0 Å². The highest BCUT2D eigenvalue weighted by atomic mass is 19.1. The lowest BCUT2D eigenvalue weighted by molar-refractivity contribution is 0.000377. The van der Waals surface area contributed by atoms with Crippen LogP contribution in [0.1, 0.15) is 47.8 Å². The van der Waals surface area contributed by atoms with Gasteiger partial charge in [0.25, 0.3) is 0 Å². The molecule has 1 aliphatic heterocycles. The van der Waals surface area contributed by atoms with Crippen molar-refractivity contribution >= 4 is 5.97 Å². The van der Waals surface area contributed by atoms with Gasteiger partial charge in [0, 0.05) is 11.1 Å². The Bertz CT molecular complexity index is 713. The standard InChI is InChI=1S/C19H19FO2/c1-18(2,3)13-8-10-14(11-9-13)19(12-20)16-7-5-4-6-15(16)17(21)22-19/h4-11H,12H2,1-3H3. The van der Waals surface area contributed by atoms with Gasteiger partial charge >= 0.3 is 5.97 Å². The first-order valence-corrected chi connectivity index (χ1v) is 7.38. The molecule has 0 aliphatic carbocycles. The Balaban J connectivity index is 2.11. The van der Waals surface area contributed by atoms with Crippen molar-refractivity contribution in [2.75, 3.05) is 6.67 Å². The lowest BCUT2D eigenvalue weighted by atomic mass is 9.82. The Kier molecular flexibility index (Phi) is 3.32. The molecule has 22 heavy (non-hydrogen) atoms. The van der Waals surface area contributed by atoms with Gasteiger partial charge in [-0.15, -0.1) is 0 Å². The fourth-order valence-electron chi connectivity index (χ4n) is 2.91. The van der Waals surface area contributed by atoms with Crippen molar-refractivity contribution in [2.24, 2.45) is 0 Å². The third-order valence-electron chi connectivity index (χ3n) is 4.25. The molecule has 0 bridgehead atoms. The maximum atomic E-state index is 13.9. The molecule has 3 heteroatoms. The first-order chi connectivity index (χ1) is 10.4. The molecule has 2 nitrogen and oxygen atoms in total. The van der Waals surface area contributed by atoms with Crippen LogP contribution in [0.2, 0.25) is 0 Å². The summed E-state index contributed by atoms with van der Waals surface area (Å²) in [4.78, 5) is 12.1. The van der Waals surface area contributed by atoms with E-state index in [0.29, 0.717) is 16.7 Å². The summed E-state index contributed by atoms with van der Waals surface area (Å²) in [5.74, 6) is -0.465. The second-order valence-electron chi connectivity index (χ2n) is 6.72. The summed E-state index contributed by atoms with van der Waals surface area (Å²) < 4.78 is 19.4. The number of benzene rings is 2. The number of ether oxygens (including phenoxy) is 1. The smallest absolute Gasteiger partial charge is 0.339 e. The molecule has 1 heterocycles. The Morgan fingerprint density at radius 1 is 1.05 bits per heavy atom. The summed E-state index contributed by atoms with van der Waals surface area (Å²) in [5, 5.41) is 0. The maximum Gasteiger partial charge on any atom is 0.339 e. The molecule has 0 radical (unpaired) electrons. The third kappa shape index (κ3) is 2.12. The zero-order valence-electron chi connectivity index (χ0n) is 13.0. The van der Waals surface area contributed by atoms with Gasteiger partial charge in [-0.3, -0.25) is 0 Å². The van der Waals surface area contributed by atoms with E-state index < -0.39 is 18.2 Å². The maximum absolute atomic E-state index is 13.9. The average molecular weight is 298 g/mol. The van der Waals surface area contributed by atoms with Crippen LogP contribution in [0.4, 0.5) is 4.39 Å². The summed E-state index contributed by atoms with van der Waals surface area (Å²) in [5.41, 5.74) is 1.57. The highest BCUT2D eigenvalue weighted by molar-refractivity contribution is 5.95. The van der Waals surface area contributed by atoms with Gasteiger partial charge in [-0.1, -0.05) is 63.2 Å². The van der Waals surface area contributed by atoms with Crippen molar-refractivity contribution in [2.45, 2.75) is 31.8 Å². The molecule has 0 N–H and O–H groups in total. The van der Waals surface area contributed by atoms with E-state index in [1.54, 1.807) is 24.3 Å². The molecule has 3 rings (SSSR count). The minimum Gasteiger partial charge on any atom is -0.443 e. The Hall–Kier alpha value is -2.16. The molecule has 1 aliphatic rings. The van der Waals surface area contributed by atoms with Crippen LogP contribution in [0.25, 0.3) is 0 Å². The van der Waals surface area contributed by atoms with Gasteiger partial charge in [0.05, 0.1) is 5.56 Å². The molecule has 2 aromatic rings. The summed E-state index contributed by atoms with van der Waals surface area (Å²) in [6.07, 6.45) is 0. The summed E-state index contributed by atoms with van der Waals surface area (Å²) in [6.45, 7) is 5.60. The first kappa shape index (κ1) is 14.8. The molecule has 1 unspecified atom stereocenters. The molecular weight excluding hydrogens is 279 g/mol. The predicted molar refractivity (Wildman–Crippen MR) is 83.8 cm³/mol. The average Bonchev–Trinajstić information content (AvgIpc) is 2.81. The number of cyclic esters (lactones) is 1. The lowest BCUT2D eigenvalue weighted by Crippen LogP contribution is -2.30. The molecule has 0 spiro atoms. The highest BCUT2D eigenvalue weighted by Crippen LogP contribution is 2.42. The number of alkyl halides is 1. The van der Waals surface area contributed by atoms with Crippen molar-refractivity contribution in [3.63, 3.8) is 0 Å². The van der Waals surface area contributed by atoms with Crippen LogP contribution >= 0.6 is 0 Å². The normalized spacial score (nSPS) is 20.6. The largest absolute Gasteiger partial charge is 0.443 e. The first-order valence-electron chi connectivity index (χ1n) is 7.38. The van der Waals surface area contributed by atoms with Gasteiger partial charge in [0.1, 0.15) is 6.67 Å². The Labute approximate surface area is 129 Å². The van der Waals surface area contributed by atoms with E-state index in [-0.39, 0.29) is 5.41 Å². The molecule has 114 valence electrons. The number of esters is 1. The molecule has 1 atom stereocenters. The number of rotatable bonds is 2. The van der Waals surface area contributed by atoms with Gasteiger partial charge in [-0.05, 0) is 17.0 Å². The van der Waals surface area contributed by atoms with Gasteiger partial charge in [0.15, 0.2) is 5.60 Å². The highest BCUT2D eigenvalue weighted by Gasteiger charge is 2.47. The van der Waals surface area contributed by atoms with E-state index in [1.807, 2.05) is 24.3 Å². The summed E-state index contributed by atoms with van der Waals surface area (Å²) in [6, 6.07) is 14.7. The second kappa shape index (κ2) is 4.94. The predicted octanol–water partition coefficient (Wildman–Crippen LogP) is 4.37. The minimum absolute atomic E-state index is 0.0195. The van der Waals surface area contributed by atoms with Crippen molar-refractivity contribution in [1.82, 2.24) is 0 Å². The molecule has 2 aromatic carbocycles. The quantitative estimate of drug-likeness (QED) is 0.770. The molecular formula is C19H19FO2. The molecule has 0 amide bonds. The van der Waals surface area contributed by atoms with Crippen LogP contribution in [0.3, 0.4) is 0 Å². The van der Waals surface area contributed by atoms with Crippen molar-refractivity contribution in [3.05, 3.63) is 70.8 Å². The van der Waals surface area contributed by atoms with Gasteiger partial charge in [-0.2, -0.15) is 0 Å². The van der Waals surface area contributed by atoms with E-state index in [0.717, 1.165) is 5.56 Å². The number of fused-ring (bicyclic) bond motifs is 1. The van der Waals surface area contributed by atoms with Crippen LogP contribution in [-0.4, -0.2) is 12.6 Å². The van der Waals surface area contributed by atoms with Crippen LogP contribution in [0, 0.1) is 0 Å². The molecule has 0 saturated heterocycles. The van der Waals surface area contributed by atoms with E-state index in [9.17, 15) is 9.18 Å². The SMILES string of the molecule is CC(C)(C)c1ccc(C2(CF)OC(=O)c3ccccc32)cc1. The van der Waals surface area contributed by atoms with Crippen LogP contribution in [0.15, 0.2) is 48.5 Å². The Morgan fingerprint density at radius 2 is 1.68 bits per heavy atom. The Morgan fingerprint density at radius 3 is 2.27 bits per heavy atom. The minimum atomic E-state index is -1.32. The van der Waals surface area contributed by atoms with E-state index in [2.05, 4.69) is 20.8 Å². The molecule has 0 aromatic heterocycles. The third-order valence-corrected chi connectivity index (χ3v) is 4.25. The monoisotopic (exact) mass is 298 g/mol. The van der Waals surface area contributed by atoms with Crippen LogP contribution in [0.5, 0.6) is 0 Å². The molecule has 0 fully saturated rings. The van der Waals surface area contributed by atoms with Crippen molar-refractivity contribution in [3.8, 4) is 0 Å². The van der Waals surface area contributed by atoms with Gasteiger partial charge in [0.2, 0.25) is 0 Å². The number of carbonyl (C=O) groups excluding carboxylic acids is 1. The van der Waals surface area contributed by atoms with Gasteiger partial charge in [-0.25, -0.2) is 9.18 Å². The fourth-order valence-corrected chi connectivity index (χ4v) is 2.91. The summed E-state index contributed by atoms with van der Waals surface area (Å²) in [7, 11) is 0. The van der Waals surface area contributed by atoms with E-state index in [1.165, 1.54) is 0 Å². The zero-order valence-corrected chi connectivity index (χ0v) is 13.0. The summed E-state index contributed by atoms with van der Waals surface area (Å²) >= 11 is 0. The van der Waals surface area contributed by atoms with E-state index in [4.69, 9.17) is 4.74 Å². The van der Waals surface area contributed by atoms with Crippen LogP contribution < -0.4 is 0 Å². The number of hydrogen-bond donors (Lipinski definition) is 0. The number of carbonyl (C=O) groups is 1. The van der Waals surface area contributed by atoms with Crippen LogP contribution in [-0.2, 0) is 15.8 Å². The van der Waals surface area contributed by atoms with Gasteiger partial charge < -0.3 is 4.74 Å². The van der Waals surface area contributed by atoms with Crippen molar-refractivity contribution < 1.29 is 13.9 Å². The fraction of sp³-hybridized carbons (Fsp3) is 0.316. The number of hydrogen-bond acceptors (Lipinski definition) is 2. The molecule has 0 saturated carbocycles. The second-order valence-corrected chi connectivity index (χ2v) is 6.72. The lowest BCUT2D eigenvalue weighted by Gasteiger charge is -2.27. The van der Waals surface area contributed by atoms with E-state index >= 15 is 0 Å².